The number of likely N-dealkylation sites (tertiary alicyclic amines) is 1. The number of amides is 2. The monoisotopic (exact) mass is 683 g/mol. The van der Waals surface area contributed by atoms with Gasteiger partial charge in [0.25, 0.3) is 0 Å². The molecule has 262 valence electrons. The molecule has 4 heterocycles. The largest absolute Gasteiger partial charge is 0.453 e. The van der Waals surface area contributed by atoms with Gasteiger partial charge in [0.15, 0.2) is 0 Å². The van der Waals surface area contributed by atoms with Crippen molar-refractivity contribution < 1.29 is 14.3 Å². The van der Waals surface area contributed by atoms with E-state index in [0.717, 1.165) is 64.2 Å². The molecule has 4 N–H and O–H groups in total. The van der Waals surface area contributed by atoms with E-state index in [0.29, 0.717) is 24.5 Å². The molecule has 2 saturated carbocycles. The van der Waals surface area contributed by atoms with Crippen LogP contribution in [0.2, 0.25) is 0 Å². The highest BCUT2D eigenvalue weighted by molar-refractivity contribution is 5.91. The van der Waals surface area contributed by atoms with Crippen LogP contribution in [0.15, 0.2) is 73.1 Å². The molecule has 5 atom stereocenters. The Bertz CT molecular complexity index is 2110. The number of piperidine rings is 1. The van der Waals surface area contributed by atoms with E-state index < -0.39 is 12.1 Å². The van der Waals surface area contributed by atoms with Gasteiger partial charge in [0.1, 0.15) is 17.7 Å². The number of hydrogen-bond donors (Lipinski definition) is 4. The van der Waals surface area contributed by atoms with E-state index in [1.54, 1.807) is 0 Å². The van der Waals surface area contributed by atoms with E-state index in [-0.39, 0.29) is 23.3 Å². The number of imidazole rings is 2. The maximum atomic E-state index is 13.8. The second kappa shape index (κ2) is 12.4. The second-order valence-corrected chi connectivity index (χ2v) is 15.7. The fourth-order valence-electron chi connectivity index (χ4n) is 8.84. The number of ether oxygens (including phenoxy) is 1. The van der Waals surface area contributed by atoms with Gasteiger partial charge < -0.3 is 30.2 Å². The molecular formula is C41H45N7O3. The van der Waals surface area contributed by atoms with Gasteiger partial charge in [-0.3, -0.25) is 4.79 Å². The van der Waals surface area contributed by atoms with Crippen molar-refractivity contribution in [2.75, 3.05) is 13.7 Å². The summed E-state index contributed by atoms with van der Waals surface area (Å²) in [6, 6.07) is 22.0. The molecular weight excluding hydrogens is 638 g/mol. The SMILES string of the molecule is COC(=O)N[C@H](C(=O)N1CC2(CC2)C[C@H]1c1ncc(-c2ccc3cc(-c4ccc(-c5cnc([C@H]6N[C@@H]7CC[C@H]6C7)[nH]5)cc4)ccc3c2)[nH]1)C(C)C. The van der Waals surface area contributed by atoms with E-state index in [9.17, 15) is 9.59 Å². The summed E-state index contributed by atoms with van der Waals surface area (Å²) < 4.78 is 4.82. The Morgan fingerprint density at radius 3 is 2.18 bits per heavy atom. The molecule has 2 aromatic heterocycles. The zero-order valence-corrected chi connectivity index (χ0v) is 29.4. The number of fused-ring (bicyclic) bond motifs is 3. The number of nitrogens with zero attached hydrogens (tertiary/aromatic N) is 3. The van der Waals surface area contributed by atoms with Crippen LogP contribution in [0, 0.1) is 17.3 Å². The highest BCUT2D eigenvalue weighted by atomic mass is 16.5. The van der Waals surface area contributed by atoms with E-state index in [1.807, 2.05) is 31.1 Å². The van der Waals surface area contributed by atoms with Gasteiger partial charge in [0, 0.05) is 18.2 Å². The first kappa shape index (κ1) is 32.0. The lowest BCUT2D eigenvalue weighted by Crippen LogP contribution is -2.51. The number of H-pyrrole nitrogens is 2. The number of carbonyl (C=O) groups excluding carboxylic acids is 2. The van der Waals surface area contributed by atoms with Gasteiger partial charge in [-0.05, 0) is 95.4 Å². The Kier molecular flexibility index (Phi) is 7.76. The van der Waals surface area contributed by atoms with Crippen LogP contribution in [0.3, 0.4) is 0 Å². The van der Waals surface area contributed by atoms with Crippen LogP contribution in [0.4, 0.5) is 4.79 Å². The summed E-state index contributed by atoms with van der Waals surface area (Å²) >= 11 is 0. The third-order valence-corrected chi connectivity index (χ3v) is 12.0. The van der Waals surface area contributed by atoms with Crippen molar-refractivity contribution in [1.82, 2.24) is 35.5 Å². The normalized spacial score (nSPS) is 23.7. The number of benzene rings is 3. The second-order valence-electron chi connectivity index (χ2n) is 15.7. The average Bonchev–Trinajstić information content (AvgIpc) is 3.79. The Hall–Kier alpha value is -4.96. The summed E-state index contributed by atoms with van der Waals surface area (Å²) in [6.07, 6.45) is 10.2. The number of nitrogens with one attached hydrogen (secondary N) is 4. The standard InChI is InChI=1S/C41H45N7O3/c1-23(2)35(47-40(50)51-3)39(49)48-22-41(14-15-41)19-34(48)37-42-21-33(45-37)29-11-10-27-16-26(8-9-28(27)17-29)24-4-6-25(7-5-24)32-20-43-38(46-32)36-30-12-13-31(18-30)44-36/h4-11,16-17,20-21,23,30-31,34-36,44H,12-15,18-19,22H2,1-3H3,(H,42,45)(H,43,46)(H,47,50)/t30-,31+,34-,35-,36-/m0/s1. The lowest BCUT2D eigenvalue weighted by Gasteiger charge is -2.30. The fraction of sp³-hybridized carbons (Fsp3) is 0.415. The van der Waals surface area contributed by atoms with Gasteiger partial charge in [0.2, 0.25) is 5.91 Å². The minimum absolute atomic E-state index is 0.0813. The molecule has 4 aliphatic rings. The Balaban J connectivity index is 0.912. The minimum atomic E-state index is -0.662. The zero-order chi connectivity index (χ0) is 34.9. The van der Waals surface area contributed by atoms with Crippen LogP contribution >= 0.6 is 0 Å². The zero-order valence-electron chi connectivity index (χ0n) is 29.4. The van der Waals surface area contributed by atoms with Gasteiger partial charge in [-0.25, -0.2) is 14.8 Å². The molecule has 4 fully saturated rings. The minimum Gasteiger partial charge on any atom is -0.453 e. The molecule has 51 heavy (non-hydrogen) atoms. The van der Waals surface area contributed by atoms with Crippen LogP contribution < -0.4 is 10.6 Å². The van der Waals surface area contributed by atoms with Crippen molar-refractivity contribution in [3.8, 4) is 33.6 Å². The van der Waals surface area contributed by atoms with Gasteiger partial charge in [-0.15, -0.1) is 0 Å². The number of aromatic nitrogens is 4. The molecule has 9 rings (SSSR count). The molecule has 2 amide bonds. The molecule has 10 heteroatoms. The summed E-state index contributed by atoms with van der Waals surface area (Å²) in [5.41, 5.74) is 6.65. The molecule has 2 saturated heterocycles. The third kappa shape index (κ3) is 5.89. The van der Waals surface area contributed by atoms with Crippen molar-refractivity contribution in [3.05, 3.63) is 84.7 Å². The summed E-state index contributed by atoms with van der Waals surface area (Å²) in [6.45, 7) is 4.56. The molecule has 3 aromatic carbocycles. The Labute approximate surface area is 297 Å². The van der Waals surface area contributed by atoms with Crippen LogP contribution in [0.25, 0.3) is 44.4 Å². The van der Waals surface area contributed by atoms with Crippen LogP contribution in [-0.2, 0) is 9.53 Å². The van der Waals surface area contributed by atoms with Crippen LogP contribution in [-0.4, -0.2) is 62.6 Å². The predicted octanol–water partition coefficient (Wildman–Crippen LogP) is 7.53. The maximum absolute atomic E-state index is 13.8. The molecule has 2 aliphatic carbocycles. The van der Waals surface area contributed by atoms with E-state index in [4.69, 9.17) is 14.7 Å². The van der Waals surface area contributed by atoms with E-state index in [2.05, 4.69) is 81.3 Å². The number of methoxy groups -OCH3 is 1. The van der Waals surface area contributed by atoms with Crippen molar-refractivity contribution in [1.29, 1.82) is 0 Å². The molecule has 10 nitrogen and oxygen atoms in total. The molecule has 2 bridgehead atoms. The molecule has 2 aliphatic heterocycles. The quantitative estimate of drug-likeness (QED) is 0.134. The van der Waals surface area contributed by atoms with Gasteiger partial charge in [-0.1, -0.05) is 62.4 Å². The van der Waals surface area contributed by atoms with Crippen molar-refractivity contribution in [3.63, 3.8) is 0 Å². The average molecular weight is 684 g/mol. The first-order valence-corrected chi connectivity index (χ1v) is 18.4. The molecule has 5 aromatic rings. The maximum Gasteiger partial charge on any atom is 0.407 e. The summed E-state index contributed by atoms with van der Waals surface area (Å²) in [7, 11) is 1.32. The van der Waals surface area contributed by atoms with E-state index in [1.165, 1.54) is 37.5 Å². The van der Waals surface area contributed by atoms with Gasteiger partial charge in [0.05, 0.1) is 43.0 Å². The highest BCUT2D eigenvalue weighted by Gasteiger charge is 2.55. The van der Waals surface area contributed by atoms with Crippen LogP contribution in [0.1, 0.15) is 76.1 Å². The Morgan fingerprint density at radius 1 is 0.863 bits per heavy atom. The highest BCUT2D eigenvalue weighted by Crippen LogP contribution is 2.58. The summed E-state index contributed by atoms with van der Waals surface area (Å²) in [5, 5.41) is 8.81. The Morgan fingerprint density at radius 2 is 1.51 bits per heavy atom. The number of aromatic amines is 2. The summed E-state index contributed by atoms with van der Waals surface area (Å²) in [5.74, 6) is 2.39. The van der Waals surface area contributed by atoms with Crippen molar-refractivity contribution in [2.24, 2.45) is 17.3 Å². The third-order valence-electron chi connectivity index (χ3n) is 12.0. The smallest absolute Gasteiger partial charge is 0.407 e. The summed E-state index contributed by atoms with van der Waals surface area (Å²) in [4.78, 5) is 44.5. The topological polar surface area (TPSA) is 128 Å². The molecule has 1 spiro atoms. The number of hydrogen-bond acceptors (Lipinski definition) is 6. The molecule has 0 radical (unpaired) electrons. The van der Waals surface area contributed by atoms with Crippen molar-refractivity contribution >= 4 is 22.8 Å². The lowest BCUT2D eigenvalue weighted by molar-refractivity contribution is -0.135. The first-order chi connectivity index (χ1) is 24.8. The number of rotatable bonds is 8. The van der Waals surface area contributed by atoms with Crippen molar-refractivity contribution in [2.45, 2.75) is 76.5 Å². The van der Waals surface area contributed by atoms with Crippen LogP contribution in [0.5, 0.6) is 0 Å². The lowest BCUT2D eigenvalue weighted by atomic mass is 9.98. The first-order valence-electron chi connectivity index (χ1n) is 18.4. The van der Waals surface area contributed by atoms with Gasteiger partial charge >= 0.3 is 6.09 Å². The fourth-order valence-corrected chi connectivity index (χ4v) is 8.84. The van der Waals surface area contributed by atoms with Gasteiger partial charge in [-0.2, -0.15) is 0 Å². The van der Waals surface area contributed by atoms with E-state index >= 15 is 0 Å². The predicted molar refractivity (Wildman–Crippen MR) is 196 cm³/mol. The number of alkyl carbamates (subject to hydrolysis) is 1. The molecule has 0 unspecified atom stereocenters. The number of carbonyl (C=O) groups is 2.